The first-order valence-electron chi connectivity index (χ1n) is 7.52. The van der Waals surface area contributed by atoms with E-state index in [1.165, 1.54) is 0 Å². The van der Waals surface area contributed by atoms with Gasteiger partial charge in [-0.25, -0.2) is 21.9 Å². The molecule has 0 aromatic heterocycles. The van der Waals surface area contributed by atoms with Gasteiger partial charge in [-0.3, -0.25) is 4.79 Å². The van der Waals surface area contributed by atoms with E-state index in [2.05, 4.69) is 10.0 Å². The maximum atomic E-state index is 13.1. The molecule has 1 amide bonds. The van der Waals surface area contributed by atoms with E-state index >= 15 is 0 Å². The van der Waals surface area contributed by atoms with Crippen LogP contribution >= 0.6 is 0 Å². The van der Waals surface area contributed by atoms with Gasteiger partial charge in [0.2, 0.25) is 15.9 Å². The summed E-state index contributed by atoms with van der Waals surface area (Å²) in [7, 11) is -4.04. The number of nitrogens with one attached hydrogen (secondary N) is 2. The zero-order valence-electron chi connectivity index (χ0n) is 13.5. The molecular formula is C17H15F2N3O3S. The van der Waals surface area contributed by atoms with Gasteiger partial charge in [0.05, 0.1) is 16.5 Å². The lowest BCUT2D eigenvalue weighted by atomic mass is 10.1. The number of carbonyl (C=O) groups is 1. The summed E-state index contributed by atoms with van der Waals surface area (Å²) in [5.74, 6) is -2.80. The summed E-state index contributed by atoms with van der Waals surface area (Å²) in [5, 5.41) is 11.3. The molecule has 2 aromatic rings. The van der Waals surface area contributed by atoms with Crippen LogP contribution in [-0.4, -0.2) is 20.9 Å². The van der Waals surface area contributed by atoms with Gasteiger partial charge in [0, 0.05) is 19.5 Å². The molecule has 26 heavy (non-hydrogen) atoms. The first kappa shape index (κ1) is 19.5. The molecule has 0 saturated heterocycles. The van der Waals surface area contributed by atoms with Gasteiger partial charge < -0.3 is 5.32 Å². The Hall–Kier alpha value is -2.83. The number of hydrogen-bond donors (Lipinski definition) is 2. The third kappa shape index (κ3) is 5.34. The summed E-state index contributed by atoms with van der Waals surface area (Å²) in [5.41, 5.74) is 1.30. The molecule has 0 heterocycles. The monoisotopic (exact) mass is 379 g/mol. The number of amides is 1. The number of sulfonamides is 1. The van der Waals surface area contributed by atoms with Crippen molar-refractivity contribution < 1.29 is 22.0 Å². The summed E-state index contributed by atoms with van der Waals surface area (Å²) >= 11 is 0. The molecule has 2 N–H and O–H groups in total. The van der Waals surface area contributed by atoms with Crippen molar-refractivity contribution >= 4 is 15.9 Å². The number of nitrogens with zero attached hydrogens (tertiary/aromatic N) is 1. The largest absolute Gasteiger partial charge is 0.352 e. The molecule has 0 saturated carbocycles. The number of rotatable bonds is 7. The molecule has 0 fully saturated rings. The Balaban J connectivity index is 1.81. The SMILES string of the molecule is N#Cc1ccc(CNC(=O)CCNS(=O)(=O)c2ccc(F)c(F)c2)cc1. The maximum Gasteiger partial charge on any atom is 0.240 e. The smallest absolute Gasteiger partial charge is 0.240 e. The average molecular weight is 379 g/mol. The zero-order valence-corrected chi connectivity index (χ0v) is 14.3. The lowest BCUT2D eigenvalue weighted by Crippen LogP contribution is -2.30. The second-order valence-corrected chi connectivity index (χ2v) is 7.08. The van der Waals surface area contributed by atoms with E-state index < -0.39 is 26.6 Å². The number of benzene rings is 2. The van der Waals surface area contributed by atoms with Crippen molar-refractivity contribution in [3.63, 3.8) is 0 Å². The Kier molecular flexibility index (Phi) is 6.38. The highest BCUT2D eigenvalue weighted by atomic mass is 32.2. The number of nitriles is 1. The summed E-state index contributed by atoms with van der Waals surface area (Å²) < 4.78 is 52.0. The predicted molar refractivity (Wildman–Crippen MR) is 89.2 cm³/mol. The van der Waals surface area contributed by atoms with Gasteiger partial charge in [-0.2, -0.15) is 5.26 Å². The Labute approximate surface area is 149 Å². The molecule has 0 aliphatic heterocycles. The highest BCUT2D eigenvalue weighted by Crippen LogP contribution is 2.13. The van der Waals surface area contributed by atoms with Crippen molar-refractivity contribution in [1.29, 1.82) is 5.26 Å². The molecule has 0 bridgehead atoms. The lowest BCUT2D eigenvalue weighted by Gasteiger charge is -2.08. The van der Waals surface area contributed by atoms with Gasteiger partial charge in [0.25, 0.3) is 0 Å². The molecule has 0 spiro atoms. The second-order valence-electron chi connectivity index (χ2n) is 5.31. The Morgan fingerprint density at radius 2 is 1.77 bits per heavy atom. The van der Waals surface area contributed by atoms with E-state index in [9.17, 15) is 22.0 Å². The third-order valence-corrected chi connectivity index (χ3v) is 4.88. The first-order valence-corrected chi connectivity index (χ1v) is 9.00. The van der Waals surface area contributed by atoms with Gasteiger partial charge in [0.1, 0.15) is 0 Å². The second kappa shape index (κ2) is 8.51. The zero-order chi connectivity index (χ0) is 19.2. The van der Waals surface area contributed by atoms with Gasteiger partial charge in [-0.05, 0) is 35.9 Å². The van der Waals surface area contributed by atoms with Crippen molar-refractivity contribution in [3.05, 3.63) is 65.2 Å². The van der Waals surface area contributed by atoms with Crippen LogP contribution in [0.4, 0.5) is 8.78 Å². The lowest BCUT2D eigenvalue weighted by molar-refractivity contribution is -0.121. The van der Waals surface area contributed by atoms with Crippen LogP contribution in [0.3, 0.4) is 0 Å². The summed E-state index contributed by atoms with van der Waals surface area (Å²) in [6, 6.07) is 10.9. The fourth-order valence-electron chi connectivity index (χ4n) is 2.01. The van der Waals surface area contributed by atoms with E-state index in [-0.39, 0.29) is 25.4 Å². The molecule has 6 nitrogen and oxygen atoms in total. The van der Waals surface area contributed by atoms with Crippen LogP contribution in [0, 0.1) is 23.0 Å². The number of hydrogen-bond acceptors (Lipinski definition) is 4. The molecule has 0 aliphatic carbocycles. The summed E-state index contributed by atoms with van der Waals surface area (Å²) in [4.78, 5) is 11.3. The van der Waals surface area contributed by atoms with Crippen LogP contribution in [0.25, 0.3) is 0 Å². The van der Waals surface area contributed by atoms with Gasteiger partial charge in [-0.1, -0.05) is 12.1 Å². The third-order valence-electron chi connectivity index (χ3n) is 3.42. The molecule has 136 valence electrons. The minimum Gasteiger partial charge on any atom is -0.352 e. The summed E-state index contributed by atoms with van der Waals surface area (Å²) in [6.45, 7) is 0.0427. The Bertz CT molecular complexity index is 939. The van der Waals surface area contributed by atoms with E-state index in [1.54, 1.807) is 24.3 Å². The highest BCUT2D eigenvalue weighted by molar-refractivity contribution is 7.89. The van der Waals surface area contributed by atoms with Gasteiger partial charge in [-0.15, -0.1) is 0 Å². The van der Waals surface area contributed by atoms with Crippen molar-refractivity contribution in [1.82, 2.24) is 10.0 Å². The van der Waals surface area contributed by atoms with E-state index in [0.717, 1.165) is 11.6 Å². The standard InChI is InChI=1S/C17H15F2N3O3S/c18-15-6-5-14(9-16(15)19)26(24,25)22-8-7-17(23)21-11-13-3-1-12(10-20)2-4-13/h1-6,9,22H,7-8,11H2,(H,21,23). The fraction of sp³-hybridized carbons (Fsp3) is 0.176. The van der Waals surface area contributed by atoms with Crippen molar-refractivity contribution in [2.24, 2.45) is 0 Å². The van der Waals surface area contributed by atoms with Crippen LogP contribution in [0.1, 0.15) is 17.5 Å². The van der Waals surface area contributed by atoms with Crippen LogP contribution < -0.4 is 10.0 Å². The molecule has 0 radical (unpaired) electrons. The van der Waals surface area contributed by atoms with E-state index in [0.29, 0.717) is 17.7 Å². The van der Waals surface area contributed by atoms with E-state index in [1.807, 2.05) is 6.07 Å². The average Bonchev–Trinajstić information content (AvgIpc) is 2.62. The quantitative estimate of drug-likeness (QED) is 0.767. The van der Waals surface area contributed by atoms with E-state index in [4.69, 9.17) is 5.26 Å². The predicted octanol–water partition coefficient (Wildman–Crippen LogP) is 1.82. The van der Waals surface area contributed by atoms with Crippen LogP contribution in [0.2, 0.25) is 0 Å². The molecule has 2 rings (SSSR count). The highest BCUT2D eigenvalue weighted by Gasteiger charge is 2.16. The Morgan fingerprint density at radius 1 is 1.08 bits per heavy atom. The van der Waals surface area contributed by atoms with Crippen LogP contribution in [0.15, 0.2) is 47.4 Å². The molecule has 0 atom stereocenters. The van der Waals surface area contributed by atoms with Crippen molar-refractivity contribution in [2.75, 3.05) is 6.54 Å². The number of carbonyl (C=O) groups excluding carboxylic acids is 1. The van der Waals surface area contributed by atoms with Crippen LogP contribution in [-0.2, 0) is 21.4 Å². The summed E-state index contributed by atoms with van der Waals surface area (Å²) in [6.07, 6.45) is -0.126. The topological polar surface area (TPSA) is 99.1 Å². The first-order chi connectivity index (χ1) is 12.3. The Morgan fingerprint density at radius 3 is 2.38 bits per heavy atom. The normalized spacial score (nSPS) is 11.0. The molecule has 0 unspecified atom stereocenters. The van der Waals surface area contributed by atoms with Gasteiger partial charge in [0.15, 0.2) is 11.6 Å². The van der Waals surface area contributed by atoms with Crippen molar-refractivity contribution in [2.45, 2.75) is 17.9 Å². The molecule has 0 aliphatic rings. The molecular weight excluding hydrogens is 364 g/mol. The minimum atomic E-state index is -4.04. The minimum absolute atomic E-state index is 0.126. The van der Waals surface area contributed by atoms with Crippen LogP contribution in [0.5, 0.6) is 0 Å². The fourth-order valence-corrected chi connectivity index (χ4v) is 3.06. The van der Waals surface area contributed by atoms with Crippen molar-refractivity contribution in [3.8, 4) is 6.07 Å². The maximum absolute atomic E-state index is 13.1. The number of halogens is 2. The molecule has 2 aromatic carbocycles. The molecule has 9 heteroatoms. The van der Waals surface area contributed by atoms with Gasteiger partial charge >= 0.3 is 0 Å².